The number of hydrogen-bond donors (Lipinski definition) is 1. The highest BCUT2D eigenvalue weighted by molar-refractivity contribution is 7.89. The molecule has 94 valence electrons. The quantitative estimate of drug-likeness (QED) is 0.870. The van der Waals surface area contributed by atoms with Crippen molar-refractivity contribution in [3.8, 4) is 5.75 Å². The highest BCUT2D eigenvalue weighted by atomic mass is 32.2. The summed E-state index contributed by atoms with van der Waals surface area (Å²) in [5.41, 5.74) is 0. The van der Waals surface area contributed by atoms with Crippen LogP contribution in [0.4, 0.5) is 0 Å². The number of hydrogen-bond acceptors (Lipinski definition) is 4. The first kappa shape index (κ1) is 12.3. The molecule has 0 amide bonds. The number of aromatic hydroxyl groups is 1. The van der Waals surface area contributed by atoms with E-state index in [9.17, 15) is 13.5 Å². The Hall–Kier alpha value is -1.11. The lowest BCUT2D eigenvalue weighted by molar-refractivity contribution is 0.181. The highest BCUT2D eigenvalue weighted by Gasteiger charge is 2.31. The first-order valence-corrected chi connectivity index (χ1v) is 6.81. The number of nitrogens with zero attached hydrogens (tertiary/aromatic N) is 1. The normalized spacial score (nSPS) is 20.9. The number of sulfonamides is 1. The fourth-order valence-electron chi connectivity index (χ4n) is 1.84. The monoisotopic (exact) mass is 257 g/mol. The Labute approximate surface area is 101 Å². The van der Waals surface area contributed by atoms with Crippen molar-refractivity contribution >= 4 is 10.0 Å². The summed E-state index contributed by atoms with van der Waals surface area (Å²) in [5, 5.41) is 9.60. The SMILES string of the molecule is CN(C1CCOC1)S(=O)(=O)c1ccccc1O. The smallest absolute Gasteiger partial charge is 0.246 e. The van der Waals surface area contributed by atoms with Crippen molar-refractivity contribution in [1.82, 2.24) is 4.31 Å². The Balaban J connectivity index is 2.33. The molecule has 0 bridgehead atoms. The zero-order valence-electron chi connectivity index (χ0n) is 9.54. The number of ether oxygens (including phenoxy) is 1. The summed E-state index contributed by atoms with van der Waals surface area (Å²) in [6, 6.07) is 5.79. The molecule has 1 N–H and O–H groups in total. The van der Waals surface area contributed by atoms with Crippen molar-refractivity contribution in [1.29, 1.82) is 0 Å². The lowest BCUT2D eigenvalue weighted by Crippen LogP contribution is -2.37. The molecule has 1 saturated heterocycles. The molecule has 1 heterocycles. The van der Waals surface area contributed by atoms with Crippen molar-refractivity contribution in [2.45, 2.75) is 17.4 Å². The van der Waals surface area contributed by atoms with E-state index in [2.05, 4.69) is 0 Å². The van der Waals surface area contributed by atoms with Crippen LogP contribution in [-0.4, -0.2) is 44.1 Å². The number of rotatable bonds is 3. The third-order valence-corrected chi connectivity index (χ3v) is 4.90. The Bertz CT molecular complexity index is 494. The van der Waals surface area contributed by atoms with Gasteiger partial charge in [0.15, 0.2) is 0 Å². The summed E-state index contributed by atoms with van der Waals surface area (Å²) >= 11 is 0. The van der Waals surface area contributed by atoms with Gasteiger partial charge in [-0.15, -0.1) is 0 Å². The molecule has 1 aliphatic heterocycles. The van der Waals surface area contributed by atoms with E-state index in [1.807, 2.05) is 0 Å². The second-order valence-corrected chi connectivity index (χ2v) is 5.97. The maximum absolute atomic E-state index is 12.3. The molecule has 17 heavy (non-hydrogen) atoms. The molecule has 1 aliphatic rings. The zero-order valence-corrected chi connectivity index (χ0v) is 10.4. The molecular weight excluding hydrogens is 242 g/mol. The van der Waals surface area contributed by atoms with Crippen LogP contribution in [0.1, 0.15) is 6.42 Å². The minimum Gasteiger partial charge on any atom is -0.507 e. The van der Waals surface area contributed by atoms with Gasteiger partial charge in [-0.25, -0.2) is 8.42 Å². The molecule has 1 fully saturated rings. The minimum absolute atomic E-state index is 0.0607. The molecule has 1 unspecified atom stereocenters. The lowest BCUT2D eigenvalue weighted by Gasteiger charge is -2.22. The van der Waals surface area contributed by atoms with Crippen LogP contribution < -0.4 is 0 Å². The molecule has 0 spiro atoms. The Morgan fingerprint density at radius 3 is 2.71 bits per heavy atom. The van der Waals surface area contributed by atoms with Crippen LogP contribution >= 0.6 is 0 Å². The fourth-order valence-corrected chi connectivity index (χ4v) is 3.29. The van der Waals surface area contributed by atoms with Crippen molar-refractivity contribution in [3.05, 3.63) is 24.3 Å². The van der Waals surface area contributed by atoms with Crippen molar-refractivity contribution in [3.63, 3.8) is 0 Å². The van der Waals surface area contributed by atoms with Crippen LogP contribution in [0.3, 0.4) is 0 Å². The summed E-state index contributed by atoms with van der Waals surface area (Å²) in [4.78, 5) is -0.0607. The van der Waals surface area contributed by atoms with E-state index >= 15 is 0 Å². The molecule has 0 aromatic heterocycles. The van der Waals surface area contributed by atoms with Crippen LogP contribution in [0.15, 0.2) is 29.2 Å². The second-order valence-electron chi connectivity index (χ2n) is 4.01. The van der Waals surface area contributed by atoms with Crippen molar-refractivity contribution < 1.29 is 18.3 Å². The van der Waals surface area contributed by atoms with Gasteiger partial charge in [0, 0.05) is 13.7 Å². The highest BCUT2D eigenvalue weighted by Crippen LogP contribution is 2.27. The summed E-state index contributed by atoms with van der Waals surface area (Å²) in [6.45, 7) is 0.981. The van der Waals surface area contributed by atoms with Crippen molar-refractivity contribution in [2.24, 2.45) is 0 Å². The molecule has 0 aliphatic carbocycles. The first-order valence-electron chi connectivity index (χ1n) is 5.37. The zero-order chi connectivity index (χ0) is 12.5. The van der Waals surface area contributed by atoms with E-state index < -0.39 is 10.0 Å². The Morgan fingerprint density at radius 2 is 2.12 bits per heavy atom. The van der Waals surface area contributed by atoms with E-state index in [0.29, 0.717) is 19.6 Å². The summed E-state index contributed by atoms with van der Waals surface area (Å²) in [7, 11) is -2.13. The Kier molecular flexibility index (Phi) is 3.37. The maximum atomic E-state index is 12.3. The maximum Gasteiger partial charge on any atom is 0.246 e. The Morgan fingerprint density at radius 1 is 1.41 bits per heavy atom. The van der Waals surface area contributed by atoms with Gasteiger partial charge >= 0.3 is 0 Å². The summed E-state index contributed by atoms with van der Waals surface area (Å²) in [6.07, 6.45) is 0.684. The average Bonchev–Trinajstić information content (AvgIpc) is 2.81. The van der Waals surface area contributed by atoms with Gasteiger partial charge in [0.25, 0.3) is 0 Å². The summed E-state index contributed by atoms with van der Waals surface area (Å²) < 4.78 is 30.9. The number of benzene rings is 1. The molecule has 6 heteroatoms. The van der Waals surface area contributed by atoms with Gasteiger partial charge < -0.3 is 9.84 Å². The number of phenolic OH excluding ortho intramolecular Hbond substituents is 1. The van der Waals surface area contributed by atoms with Crippen LogP contribution in [-0.2, 0) is 14.8 Å². The largest absolute Gasteiger partial charge is 0.507 e. The average molecular weight is 257 g/mol. The number of phenols is 1. The molecule has 1 aromatic carbocycles. The standard InChI is InChI=1S/C11H15NO4S/c1-12(9-6-7-16-8-9)17(14,15)11-5-3-2-4-10(11)13/h2-5,9,13H,6-8H2,1H3. The van der Waals surface area contributed by atoms with Crippen LogP contribution in [0.25, 0.3) is 0 Å². The van der Waals surface area contributed by atoms with Gasteiger partial charge in [-0.1, -0.05) is 12.1 Å². The van der Waals surface area contributed by atoms with Crippen LogP contribution in [0.2, 0.25) is 0 Å². The van der Waals surface area contributed by atoms with Gasteiger partial charge in [0.1, 0.15) is 10.6 Å². The van der Waals surface area contributed by atoms with E-state index in [4.69, 9.17) is 4.74 Å². The third-order valence-electron chi connectivity index (χ3n) is 2.94. The van der Waals surface area contributed by atoms with E-state index in [1.54, 1.807) is 12.1 Å². The third kappa shape index (κ3) is 2.29. The molecule has 1 aromatic rings. The molecule has 0 saturated carbocycles. The van der Waals surface area contributed by atoms with Crippen LogP contribution in [0, 0.1) is 0 Å². The molecule has 5 nitrogen and oxygen atoms in total. The minimum atomic E-state index is -3.65. The van der Waals surface area contributed by atoms with E-state index in [0.717, 1.165) is 0 Å². The van der Waals surface area contributed by atoms with Gasteiger partial charge in [-0.3, -0.25) is 0 Å². The van der Waals surface area contributed by atoms with Gasteiger partial charge in [-0.2, -0.15) is 4.31 Å². The van der Waals surface area contributed by atoms with Gasteiger partial charge in [-0.05, 0) is 18.6 Å². The van der Waals surface area contributed by atoms with Crippen molar-refractivity contribution in [2.75, 3.05) is 20.3 Å². The first-order chi connectivity index (χ1) is 8.03. The predicted molar refractivity (Wildman–Crippen MR) is 62.3 cm³/mol. The number of likely N-dealkylation sites (N-methyl/N-ethyl adjacent to an activating group) is 1. The molecule has 1 atom stereocenters. The van der Waals surface area contributed by atoms with Gasteiger partial charge in [0.2, 0.25) is 10.0 Å². The molecule has 2 rings (SSSR count). The van der Waals surface area contributed by atoms with E-state index in [-0.39, 0.29) is 16.7 Å². The predicted octanol–water partition coefficient (Wildman–Crippen LogP) is 0.802. The lowest BCUT2D eigenvalue weighted by atomic mass is 10.3. The molecule has 0 radical (unpaired) electrons. The van der Waals surface area contributed by atoms with Crippen LogP contribution in [0.5, 0.6) is 5.75 Å². The number of para-hydroxylation sites is 1. The summed E-state index contributed by atoms with van der Waals surface area (Å²) in [5.74, 6) is -0.224. The fraction of sp³-hybridized carbons (Fsp3) is 0.455. The van der Waals surface area contributed by atoms with Gasteiger partial charge in [0.05, 0.1) is 12.6 Å². The molecular formula is C11H15NO4S. The second kappa shape index (κ2) is 4.64. The topological polar surface area (TPSA) is 66.8 Å². The van der Waals surface area contributed by atoms with E-state index in [1.165, 1.54) is 23.5 Å².